The molecule has 0 bridgehead atoms. The van der Waals surface area contributed by atoms with Gasteiger partial charge >= 0.3 is 0 Å². The van der Waals surface area contributed by atoms with Crippen LogP contribution in [0.3, 0.4) is 0 Å². The van der Waals surface area contributed by atoms with Crippen molar-refractivity contribution in [3.8, 4) is 0 Å². The number of hydrogen-bond acceptors (Lipinski definition) is 2. The molecule has 1 fully saturated rings. The van der Waals surface area contributed by atoms with Gasteiger partial charge in [-0.05, 0) is 43.7 Å². The van der Waals surface area contributed by atoms with Crippen molar-refractivity contribution in [2.75, 3.05) is 13.1 Å². The maximum atomic E-state index is 13.9. The summed E-state index contributed by atoms with van der Waals surface area (Å²) >= 11 is 5.95. The monoisotopic (exact) mass is 354 g/mol. The third kappa shape index (κ3) is 4.69. The van der Waals surface area contributed by atoms with E-state index in [4.69, 9.17) is 11.6 Å². The molecule has 4 nitrogen and oxygen atoms in total. The molecule has 1 atom stereocenters. The number of amides is 2. The largest absolute Gasteiger partial charge is 0.341 e. The van der Waals surface area contributed by atoms with E-state index in [9.17, 15) is 14.0 Å². The molecule has 1 aromatic rings. The molecule has 2 rings (SSSR count). The molecule has 132 valence electrons. The first-order valence-corrected chi connectivity index (χ1v) is 8.81. The zero-order valence-corrected chi connectivity index (χ0v) is 14.9. The number of nitrogens with one attached hydrogen (secondary N) is 1. The van der Waals surface area contributed by atoms with E-state index in [0.29, 0.717) is 19.5 Å². The van der Waals surface area contributed by atoms with Gasteiger partial charge in [0, 0.05) is 13.1 Å². The Labute approximate surface area is 147 Å². The van der Waals surface area contributed by atoms with Gasteiger partial charge in [-0.25, -0.2) is 4.39 Å². The van der Waals surface area contributed by atoms with Crippen molar-refractivity contribution in [2.24, 2.45) is 5.92 Å². The number of piperidine rings is 1. The van der Waals surface area contributed by atoms with Gasteiger partial charge in [0.25, 0.3) is 5.91 Å². The van der Waals surface area contributed by atoms with Crippen LogP contribution in [0, 0.1) is 11.7 Å². The minimum atomic E-state index is -0.686. The summed E-state index contributed by atoms with van der Waals surface area (Å²) in [5.41, 5.74) is -0.209. The van der Waals surface area contributed by atoms with E-state index in [1.54, 1.807) is 4.90 Å². The Kier molecular flexibility index (Phi) is 6.60. The number of benzene rings is 1. The number of nitrogens with zero attached hydrogens (tertiary/aromatic N) is 1. The highest BCUT2D eigenvalue weighted by Crippen LogP contribution is 2.20. The van der Waals surface area contributed by atoms with Crippen LogP contribution in [-0.2, 0) is 4.79 Å². The van der Waals surface area contributed by atoms with Crippen LogP contribution in [0.15, 0.2) is 18.2 Å². The summed E-state index contributed by atoms with van der Waals surface area (Å²) in [5.74, 6) is -1.20. The molecule has 0 radical (unpaired) electrons. The number of rotatable bonds is 5. The van der Waals surface area contributed by atoms with Crippen LogP contribution in [0.5, 0.6) is 0 Å². The molecule has 1 heterocycles. The van der Waals surface area contributed by atoms with E-state index < -0.39 is 17.8 Å². The smallest absolute Gasteiger partial charge is 0.256 e. The molecular formula is C18H24ClFN2O2. The summed E-state index contributed by atoms with van der Waals surface area (Å²) in [6, 6.07) is 3.43. The molecule has 2 amide bonds. The maximum absolute atomic E-state index is 13.9. The Bertz CT molecular complexity index is 580. The molecule has 1 N–H and O–H groups in total. The van der Waals surface area contributed by atoms with Crippen LogP contribution in [0.25, 0.3) is 0 Å². The summed E-state index contributed by atoms with van der Waals surface area (Å²) in [4.78, 5) is 27.0. The van der Waals surface area contributed by atoms with Gasteiger partial charge in [0.2, 0.25) is 5.91 Å². The van der Waals surface area contributed by atoms with Gasteiger partial charge in [-0.3, -0.25) is 9.59 Å². The van der Waals surface area contributed by atoms with E-state index in [1.807, 2.05) is 13.8 Å². The van der Waals surface area contributed by atoms with Crippen LogP contribution in [-0.4, -0.2) is 35.8 Å². The summed E-state index contributed by atoms with van der Waals surface area (Å²) in [6.07, 6.45) is 3.59. The lowest BCUT2D eigenvalue weighted by Crippen LogP contribution is -2.50. The van der Waals surface area contributed by atoms with Gasteiger partial charge in [0.15, 0.2) is 0 Å². The number of likely N-dealkylation sites (tertiary alicyclic amines) is 1. The van der Waals surface area contributed by atoms with Gasteiger partial charge in [0.1, 0.15) is 11.9 Å². The first kappa shape index (κ1) is 18.7. The molecule has 1 aromatic carbocycles. The Morgan fingerprint density at radius 3 is 2.50 bits per heavy atom. The van der Waals surface area contributed by atoms with Crippen molar-refractivity contribution in [3.05, 3.63) is 34.6 Å². The molecule has 0 saturated carbocycles. The zero-order chi connectivity index (χ0) is 17.7. The fourth-order valence-corrected chi connectivity index (χ4v) is 3.22. The van der Waals surface area contributed by atoms with Gasteiger partial charge in [-0.15, -0.1) is 0 Å². The van der Waals surface area contributed by atoms with E-state index in [0.717, 1.165) is 19.3 Å². The molecule has 0 aliphatic carbocycles. The van der Waals surface area contributed by atoms with Crippen LogP contribution in [0.1, 0.15) is 49.9 Å². The molecule has 1 aliphatic rings. The molecule has 6 heteroatoms. The molecule has 0 unspecified atom stereocenters. The Hall–Kier alpha value is -1.62. The number of carbonyl (C=O) groups excluding carboxylic acids is 2. The van der Waals surface area contributed by atoms with Gasteiger partial charge in [-0.2, -0.15) is 0 Å². The lowest BCUT2D eigenvalue weighted by molar-refractivity contribution is -0.134. The van der Waals surface area contributed by atoms with Crippen molar-refractivity contribution in [3.63, 3.8) is 0 Å². The van der Waals surface area contributed by atoms with Crippen LogP contribution < -0.4 is 5.32 Å². The number of hydrogen-bond donors (Lipinski definition) is 1. The van der Waals surface area contributed by atoms with Crippen molar-refractivity contribution in [1.82, 2.24) is 10.2 Å². The third-order valence-corrected chi connectivity index (χ3v) is 4.48. The number of carbonyl (C=O) groups is 2. The molecule has 1 aliphatic heterocycles. The third-order valence-electron chi connectivity index (χ3n) is 4.17. The lowest BCUT2D eigenvalue weighted by Gasteiger charge is -2.31. The Morgan fingerprint density at radius 2 is 1.92 bits per heavy atom. The average Bonchev–Trinajstić information content (AvgIpc) is 2.54. The highest BCUT2D eigenvalue weighted by atomic mass is 35.5. The first-order valence-electron chi connectivity index (χ1n) is 8.43. The second-order valence-corrected chi connectivity index (χ2v) is 7.05. The van der Waals surface area contributed by atoms with Crippen molar-refractivity contribution in [1.29, 1.82) is 0 Å². The van der Waals surface area contributed by atoms with Crippen LogP contribution >= 0.6 is 11.6 Å². The highest BCUT2D eigenvalue weighted by molar-refractivity contribution is 6.33. The summed E-state index contributed by atoms with van der Waals surface area (Å²) in [5, 5.41) is 2.73. The molecule has 0 spiro atoms. The van der Waals surface area contributed by atoms with Crippen LogP contribution in [0.4, 0.5) is 4.39 Å². The number of halogens is 2. The SMILES string of the molecule is CC(C)C[C@H](NC(=O)c1c(F)cccc1Cl)C(=O)N1CCCCC1. The van der Waals surface area contributed by atoms with E-state index in [1.165, 1.54) is 18.2 Å². The second-order valence-electron chi connectivity index (χ2n) is 6.64. The van der Waals surface area contributed by atoms with Crippen molar-refractivity contribution >= 4 is 23.4 Å². The zero-order valence-electron chi connectivity index (χ0n) is 14.1. The maximum Gasteiger partial charge on any atom is 0.256 e. The predicted molar refractivity (Wildman–Crippen MR) is 92.6 cm³/mol. The van der Waals surface area contributed by atoms with E-state index >= 15 is 0 Å². The Morgan fingerprint density at radius 1 is 1.25 bits per heavy atom. The van der Waals surface area contributed by atoms with Crippen LogP contribution in [0.2, 0.25) is 5.02 Å². The van der Waals surface area contributed by atoms with Crippen molar-refractivity contribution in [2.45, 2.75) is 45.6 Å². The summed E-state index contributed by atoms with van der Waals surface area (Å²) in [6.45, 7) is 5.39. The predicted octanol–water partition coefficient (Wildman–Crippen LogP) is 3.64. The molecule has 24 heavy (non-hydrogen) atoms. The topological polar surface area (TPSA) is 49.4 Å². The normalized spacial score (nSPS) is 16.1. The van der Waals surface area contributed by atoms with Gasteiger partial charge in [-0.1, -0.05) is 31.5 Å². The summed E-state index contributed by atoms with van der Waals surface area (Å²) < 4.78 is 13.9. The lowest BCUT2D eigenvalue weighted by atomic mass is 10.0. The van der Waals surface area contributed by atoms with E-state index in [2.05, 4.69) is 5.32 Å². The van der Waals surface area contributed by atoms with Crippen molar-refractivity contribution < 1.29 is 14.0 Å². The standard InChI is InChI=1S/C18H24ClFN2O2/c1-12(2)11-15(18(24)22-9-4-3-5-10-22)21-17(23)16-13(19)7-6-8-14(16)20/h6-8,12,15H,3-5,9-11H2,1-2H3,(H,21,23)/t15-/m0/s1. The fourth-order valence-electron chi connectivity index (χ4n) is 2.97. The van der Waals surface area contributed by atoms with E-state index in [-0.39, 0.29) is 22.4 Å². The minimum Gasteiger partial charge on any atom is -0.341 e. The average molecular weight is 355 g/mol. The van der Waals surface area contributed by atoms with Gasteiger partial charge < -0.3 is 10.2 Å². The quantitative estimate of drug-likeness (QED) is 0.877. The molecule has 1 saturated heterocycles. The second kappa shape index (κ2) is 8.47. The Balaban J connectivity index is 2.15. The highest BCUT2D eigenvalue weighted by Gasteiger charge is 2.29. The van der Waals surface area contributed by atoms with Gasteiger partial charge in [0.05, 0.1) is 10.6 Å². The summed E-state index contributed by atoms with van der Waals surface area (Å²) in [7, 11) is 0. The fraction of sp³-hybridized carbons (Fsp3) is 0.556. The first-order chi connectivity index (χ1) is 11.4. The molecule has 0 aromatic heterocycles. The minimum absolute atomic E-state index is 0.0428. The molecular weight excluding hydrogens is 331 g/mol.